The molecule has 1 unspecified atom stereocenters. The standard InChI is InChI=1S/C15H24N2O2S/c1-3-4-7-12-14(15(18)19)20-13(16-12)10-17-8-5-6-11(2)9-17/h11H,3-10H2,1-2H3,(H,18,19). The zero-order valence-electron chi connectivity index (χ0n) is 12.4. The topological polar surface area (TPSA) is 53.4 Å². The van der Waals surface area contributed by atoms with E-state index < -0.39 is 5.97 Å². The first-order valence-electron chi connectivity index (χ1n) is 7.54. The number of nitrogens with zero attached hydrogens (tertiary/aromatic N) is 2. The van der Waals surface area contributed by atoms with Gasteiger partial charge in [0.2, 0.25) is 0 Å². The highest BCUT2D eigenvalue weighted by Gasteiger charge is 2.21. The first kappa shape index (κ1) is 15.4. The van der Waals surface area contributed by atoms with Crippen LogP contribution in [0.3, 0.4) is 0 Å². The van der Waals surface area contributed by atoms with Gasteiger partial charge in [0, 0.05) is 6.54 Å². The van der Waals surface area contributed by atoms with Crippen molar-refractivity contribution in [1.82, 2.24) is 9.88 Å². The molecule has 20 heavy (non-hydrogen) atoms. The summed E-state index contributed by atoms with van der Waals surface area (Å²) < 4.78 is 0. The van der Waals surface area contributed by atoms with Crippen molar-refractivity contribution in [3.8, 4) is 0 Å². The average molecular weight is 296 g/mol. The van der Waals surface area contributed by atoms with E-state index in [1.807, 2.05) is 0 Å². The maximum Gasteiger partial charge on any atom is 0.347 e. The van der Waals surface area contributed by atoms with Crippen LogP contribution < -0.4 is 0 Å². The Balaban J connectivity index is 2.05. The van der Waals surface area contributed by atoms with Gasteiger partial charge in [0.05, 0.1) is 12.2 Å². The number of hydrogen-bond donors (Lipinski definition) is 1. The molecule has 1 aromatic heterocycles. The van der Waals surface area contributed by atoms with E-state index in [4.69, 9.17) is 0 Å². The highest BCUT2D eigenvalue weighted by atomic mass is 32.1. The van der Waals surface area contributed by atoms with Gasteiger partial charge in [-0.2, -0.15) is 0 Å². The molecule has 0 radical (unpaired) electrons. The van der Waals surface area contributed by atoms with Crippen molar-refractivity contribution < 1.29 is 9.90 Å². The monoisotopic (exact) mass is 296 g/mol. The smallest absolute Gasteiger partial charge is 0.347 e. The first-order valence-corrected chi connectivity index (χ1v) is 8.36. The lowest BCUT2D eigenvalue weighted by molar-refractivity contribution is 0.0700. The van der Waals surface area contributed by atoms with Crippen LogP contribution in [0, 0.1) is 5.92 Å². The van der Waals surface area contributed by atoms with Gasteiger partial charge in [-0.15, -0.1) is 11.3 Å². The number of carbonyl (C=O) groups is 1. The van der Waals surface area contributed by atoms with E-state index in [0.29, 0.717) is 4.88 Å². The number of thiazole rings is 1. The van der Waals surface area contributed by atoms with Crippen molar-refractivity contribution >= 4 is 17.3 Å². The third kappa shape index (κ3) is 4.03. The van der Waals surface area contributed by atoms with E-state index in [9.17, 15) is 9.90 Å². The largest absolute Gasteiger partial charge is 0.477 e. The minimum absolute atomic E-state index is 0.443. The van der Waals surface area contributed by atoms with Gasteiger partial charge in [-0.05, 0) is 38.1 Å². The third-order valence-corrected chi connectivity index (χ3v) is 4.87. The number of carboxylic acids is 1. The van der Waals surface area contributed by atoms with E-state index in [1.165, 1.54) is 24.2 Å². The maximum absolute atomic E-state index is 11.3. The Morgan fingerprint density at radius 2 is 2.35 bits per heavy atom. The molecule has 2 rings (SSSR count). The number of hydrogen-bond acceptors (Lipinski definition) is 4. The summed E-state index contributed by atoms with van der Waals surface area (Å²) in [6.45, 7) is 7.41. The average Bonchev–Trinajstić information content (AvgIpc) is 2.79. The van der Waals surface area contributed by atoms with Gasteiger partial charge in [-0.3, -0.25) is 4.90 Å². The van der Waals surface area contributed by atoms with Crippen LogP contribution in [-0.2, 0) is 13.0 Å². The summed E-state index contributed by atoms with van der Waals surface area (Å²) in [5.74, 6) is -0.0888. The van der Waals surface area contributed by atoms with Crippen LogP contribution in [0.2, 0.25) is 0 Å². The predicted molar refractivity (Wildman–Crippen MR) is 81.4 cm³/mol. The lowest BCUT2D eigenvalue weighted by Gasteiger charge is -2.29. The SMILES string of the molecule is CCCCc1nc(CN2CCCC(C)C2)sc1C(=O)O. The Kier molecular flexibility index (Phi) is 5.54. The Morgan fingerprint density at radius 1 is 1.55 bits per heavy atom. The second kappa shape index (κ2) is 7.18. The molecule has 4 nitrogen and oxygen atoms in total. The Bertz CT molecular complexity index is 459. The molecule has 1 saturated heterocycles. The van der Waals surface area contributed by atoms with Gasteiger partial charge in [0.25, 0.3) is 0 Å². The summed E-state index contributed by atoms with van der Waals surface area (Å²) >= 11 is 1.36. The number of piperidine rings is 1. The first-order chi connectivity index (χ1) is 9.60. The Labute approximate surface area is 124 Å². The molecule has 112 valence electrons. The summed E-state index contributed by atoms with van der Waals surface area (Å²) in [6, 6.07) is 0. The van der Waals surface area contributed by atoms with Gasteiger partial charge < -0.3 is 5.11 Å². The van der Waals surface area contributed by atoms with E-state index in [1.54, 1.807) is 0 Å². The number of carboxylic acid groups (broad SMARTS) is 1. The minimum atomic E-state index is -0.827. The summed E-state index contributed by atoms with van der Waals surface area (Å²) in [7, 11) is 0. The van der Waals surface area contributed by atoms with Crippen molar-refractivity contribution in [2.45, 2.75) is 52.5 Å². The second-order valence-electron chi connectivity index (χ2n) is 5.77. The van der Waals surface area contributed by atoms with E-state index in [0.717, 1.165) is 55.5 Å². The molecule has 0 aromatic carbocycles. The summed E-state index contributed by atoms with van der Waals surface area (Å²) in [5.41, 5.74) is 0.782. The van der Waals surface area contributed by atoms with Gasteiger partial charge in [0.15, 0.2) is 0 Å². The lowest BCUT2D eigenvalue weighted by atomic mass is 10.0. The molecule has 1 aromatic rings. The van der Waals surface area contributed by atoms with Crippen LogP contribution in [0.15, 0.2) is 0 Å². The van der Waals surface area contributed by atoms with E-state index in [-0.39, 0.29) is 0 Å². The van der Waals surface area contributed by atoms with Crippen LogP contribution >= 0.6 is 11.3 Å². The molecule has 1 aliphatic heterocycles. The molecule has 0 amide bonds. The van der Waals surface area contributed by atoms with Crippen LogP contribution in [0.4, 0.5) is 0 Å². The van der Waals surface area contributed by atoms with E-state index >= 15 is 0 Å². The molecule has 1 aliphatic rings. The van der Waals surface area contributed by atoms with Crippen molar-refractivity contribution in [2.75, 3.05) is 13.1 Å². The fourth-order valence-electron chi connectivity index (χ4n) is 2.77. The second-order valence-corrected chi connectivity index (χ2v) is 6.86. The Morgan fingerprint density at radius 3 is 3.00 bits per heavy atom. The molecule has 0 saturated carbocycles. The third-order valence-electron chi connectivity index (χ3n) is 3.80. The summed E-state index contributed by atoms with van der Waals surface area (Å²) in [4.78, 5) is 18.7. The lowest BCUT2D eigenvalue weighted by Crippen LogP contribution is -2.33. The highest BCUT2D eigenvalue weighted by Crippen LogP contribution is 2.24. The number of likely N-dealkylation sites (tertiary alicyclic amines) is 1. The van der Waals surface area contributed by atoms with Crippen LogP contribution in [0.5, 0.6) is 0 Å². The Hall–Kier alpha value is -0.940. The van der Waals surface area contributed by atoms with Crippen molar-refractivity contribution in [3.63, 3.8) is 0 Å². The molecule has 5 heteroatoms. The normalized spacial score (nSPS) is 20.2. The van der Waals surface area contributed by atoms with Crippen molar-refractivity contribution in [2.24, 2.45) is 5.92 Å². The number of unbranched alkanes of at least 4 members (excludes halogenated alkanes) is 1. The zero-order valence-corrected chi connectivity index (χ0v) is 13.2. The van der Waals surface area contributed by atoms with Crippen molar-refractivity contribution in [1.29, 1.82) is 0 Å². The van der Waals surface area contributed by atoms with Crippen LogP contribution in [-0.4, -0.2) is 34.0 Å². The van der Waals surface area contributed by atoms with Gasteiger partial charge in [-0.1, -0.05) is 20.3 Å². The molecule has 0 spiro atoms. The van der Waals surface area contributed by atoms with Gasteiger partial charge >= 0.3 is 5.97 Å². The molecule has 1 N–H and O–H groups in total. The molecule has 2 heterocycles. The van der Waals surface area contributed by atoms with Crippen molar-refractivity contribution in [3.05, 3.63) is 15.6 Å². The molecule has 1 atom stereocenters. The van der Waals surface area contributed by atoms with Gasteiger partial charge in [-0.25, -0.2) is 9.78 Å². The van der Waals surface area contributed by atoms with Crippen LogP contribution in [0.1, 0.15) is 59.9 Å². The highest BCUT2D eigenvalue weighted by molar-refractivity contribution is 7.13. The number of aromatic carboxylic acids is 1. The van der Waals surface area contributed by atoms with Crippen LogP contribution in [0.25, 0.3) is 0 Å². The summed E-state index contributed by atoms with van der Waals surface area (Å²) in [6.07, 6.45) is 5.39. The molecular weight excluding hydrogens is 272 g/mol. The summed E-state index contributed by atoms with van der Waals surface area (Å²) in [5, 5.41) is 10.2. The number of aryl methyl sites for hydroxylation is 1. The molecule has 0 bridgehead atoms. The maximum atomic E-state index is 11.3. The molecular formula is C15H24N2O2S. The number of rotatable bonds is 6. The predicted octanol–water partition coefficient (Wildman–Crippen LogP) is 3.42. The quantitative estimate of drug-likeness (QED) is 0.874. The molecule has 1 fully saturated rings. The van der Waals surface area contributed by atoms with Gasteiger partial charge in [0.1, 0.15) is 9.88 Å². The van der Waals surface area contributed by atoms with E-state index in [2.05, 4.69) is 23.7 Å². The number of aromatic nitrogens is 1. The fourth-order valence-corrected chi connectivity index (χ4v) is 3.76. The zero-order chi connectivity index (χ0) is 14.5. The fraction of sp³-hybridized carbons (Fsp3) is 0.733. The molecule has 0 aliphatic carbocycles. The minimum Gasteiger partial charge on any atom is -0.477 e.